The van der Waals surface area contributed by atoms with Crippen LogP contribution in [0.25, 0.3) is 0 Å². The number of rotatable bonds is 1. The molecule has 202 valence electrons. The lowest BCUT2D eigenvalue weighted by Crippen LogP contribution is -2.37. The van der Waals surface area contributed by atoms with E-state index in [1.807, 2.05) is 11.1 Å². The minimum absolute atomic E-state index is 0.165. The fourth-order valence-electron chi connectivity index (χ4n) is 8.53. The van der Waals surface area contributed by atoms with Gasteiger partial charge in [-0.1, -0.05) is 22.3 Å². The maximum Gasteiger partial charge on any atom is 0.169 e. The van der Waals surface area contributed by atoms with Gasteiger partial charge in [0, 0.05) is 25.7 Å². The van der Waals surface area contributed by atoms with Gasteiger partial charge in [-0.2, -0.15) is 0 Å². The highest BCUT2D eigenvalue weighted by molar-refractivity contribution is 5.20. The highest BCUT2D eigenvalue weighted by atomic mass is 16.7. The lowest BCUT2D eigenvalue weighted by molar-refractivity contribution is -0.185. The van der Waals surface area contributed by atoms with E-state index in [2.05, 4.69) is 0 Å². The van der Waals surface area contributed by atoms with Crippen LogP contribution in [0.1, 0.15) is 128 Å². The van der Waals surface area contributed by atoms with Gasteiger partial charge in [0.2, 0.25) is 0 Å². The molecule has 0 aromatic carbocycles. The summed E-state index contributed by atoms with van der Waals surface area (Å²) in [5.41, 5.74) is 7.21. The Morgan fingerprint density at radius 1 is 0.389 bits per heavy atom. The average Bonchev–Trinajstić information content (AvgIpc) is 3.75. The quantitative estimate of drug-likeness (QED) is 0.342. The molecule has 2 saturated heterocycles. The van der Waals surface area contributed by atoms with Gasteiger partial charge >= 0.3 is 0 Å². The smallest absolute Gasteiger partial charge is 0.169 e. The van der Waals surface area contributed by atoms with E-state index in [-0.39, 0.29) is 11.6 Å². The minimum atomic E-state index is -0.178. The molecule has 0 bridgehead atoms. The molecule has 5 saturated carbocycles. The first kappa shape index (κ1) is 25.6. The van der Waals surface area contributed by atoms with E-state index < -0.39 is 0 Å². The van der Waals surface area contributed by atoms with Crippen molar-refractivity contribution in [1.82, 2.24) is 0 Å². The second-order valence-corrected chi connectivity index (χ2v) is 12.7. The van der Waals surface area contributed by atoms with Crippen molar-refractivity contribution < 1.29 is 18.9 Å². The third kappa shape index (κ3) is 5.82. The van der Waals surface area contributed by atoms with E-state index in [1.54, 1.807) is 11.1 Å². The molecule has 4 nitrogen and oxygen atoms in total. The summed E-state index contributed by atoms with van der Waals surface area (Å²) in [5.74, 6) is 1.58. The molecule has 2 spiro atoms. The van der Waals surface area contributed by atoms with Crippen molar-refractivity contribution in [3.05, 3.63) is 22.3 Å². The first-order valence-corrected chi connectivity index (χ1v) is 15.7. The summed E-state index contributed by atoms with van der Waals surface area (Å²) in [6, 6.07) is 0. The van der Waals surface area contributed by atoms with Gasteiger partial charge in [0.1, 0.15) is 0 Å². The van der Waals surface area contributed by atoms with Crippen molar-refractivity contribution >= 4 is 0 Å². The van der Waals surface area contributed by atoms with E-state index in [0.29, 0.717) is 0 Å². The fraction of sp³-hybridized carbons (Fsp3) is 0.875. The molecule has 0 aromatic heterocycles. The highest BCUT2D eigenvalue weighted by Crippen LogP contribution is 2.46. The van der Waals surface area contributed by atoms with Crippen molar-refractivity contribution in [2.24, 2.45) is 11.8 Å². The Bertz CT molecular complexity index is 766. The molecular formula is C32H50O4. The molecule has 7 rings (SSSR count). The SMILES string of the molecule is C1CCC(=C2CCC(C3CCC4(CC3)OCCO4)CC2)C1.C1CCC(=C2CCC3(CC2)OCCO3)C1. The van der Waals surface area contributed by atoms with Crippen LogP contribution in [-0.4, -0.2) is 38.0 Å². The molecule has 0 atom stereocenters. The monoisotopic (exact) mass is 498 g/mol. The molecule has 2 heterocycles. The summed E-state index contributed by atoms with van der Waals surface area (Å²) in [6.45, 7) is 3.22. The standard InChI is InChI=1S/C19H30O2.C13H20O2/c1-2-4-15(3-1)16-5-7-17(8-6-16)18-9-11-19(12-10-18)20-13-14-21-19;1-2-4-11(3-1)12-5-7-13(8-6-12)14-9-10-15-13/h17-18H,1-14H2;1-10H2. The highest BCUT2D eigenvalue weighted by Gasteiger charge is 2.42. The Balaban J connectivity index is 0.000000141. The van der Waals surface area contributed by atoms with Gasteiger partial charge < -0.3 is 18.9 Å². The normalized spacial score (nSPS) is 32.5. The summed E-state index contributed by atoms with van der Waals surface area (Å²) in [4.78, 5) is 0. The lowest BCUT2D eigenvalue weighted by atomic mass is 9.70. The average molecular weight is 499 g/mol. The van der Waals surface area contributed by atoms with Crippen molar-refractivity contribution in [3.8, 4) is 0 Å². The van der Waals surface area contributed by atoms with Crippen LogP contribution < -0.4 is 0 Å². The van der Waals surface area contributed by atoms with Crippen molar-refractivity contribution in [2.75, 3.05) is 26.4 Å². The zero-order chi connectivity index (χ0) is 24.3. The maximum absolute atomic E-state index is 5.87. The Morgan fingerprint density at radius 2 is 0.750 bits per heavy atom. The Hall–Kier alpha value is -0.680. The van der Waals surface area contributed by atoms with Gasteiger partial charge in [0.05, 0.1) is 26.4 Å². The summed E-state index contributed by atoms with van der Waals surface area (Å²) in [6.07, 6.45) is 26.6. The molecule has 36 heavy (non-hydrogen) atoms. The Morgan fingerprint density at radius 3 is 1.22 bits per heavy atom. The zero-order valence-corrected chi connectivity index (χ0v) is 22.8. The minimum Gasteiger partial charge on any atom is -0.348 e. The van der Waals surface area contributed by atoms with Crippen LogP contribution >= 0.6 is 0 Å². The molecular weight excluding hydrogens is 448 g/mol. The lowest BCUT2D eigenvalue weighted by Gasteiger charge is -2.40. The number of hydrogen-bond donors (Lipinski definition) is 0. The van der Waals surface area contributed by atoms with Gasteiger partial charge in [0.25, 0.3) is 0 Å². The van der Waals surface area contributed by atoms with Gasteiger partial charge in [-0.05, 0) is 115 Å². The van der Waals surface area contributed by atoms with Gasteiger partial charge in [-0.15, -0.1) is 0 Å². The molecule has 7 aliphatic rings. The van der Waals surface area contributed by atoms with E-state index in [0.717, 1.165) is 63.9 Å². The first-order chi connectivity index (χ1) is 17.7. The molecule has 5 aliphatic carbocycles. The van der Waals surface area contributed by atoms with Crippen LogP contribution in [0.3, 0.4) is 0 Å². The molecule has 0 radical (unpaired) electrons. The third-order valence-corrected chi connectivity index (χ3v) is 10.7. The van der Waals surface area contributed by atoms with Crippen molar-refractivity contribution in [3.63, 3.8) is 0 Å². The van der Waals surface area contributed by atoms with Gasteiger partial charge in [-0.25, -0.2) is 0 Å². The van der Waals surface area contributed by atoms with Crippen LogP contribution in [0.4, 0.5) is 0 Å². The van der Waals surface area contributed by atoms with E-state index in [9.17, 15) is 0 Å². The number of allylic oxidation sites excluding steroid dienone is 4. The van der Waals surface area contributed by atoms with Crippen LogP contribution in [0.2, 0.25) is 0 Å². The van der Waals surface area contributed by atoms with E-state index in [1.165, 1.54) is 103 Å². The third-order valence-electron chi connectivity index (χ3n) is 10.7. The topological polar surface area (TPSA) is 36.9 Å². The summed E-state index contributed by atoms with van der Waals surface area (Å²) < 4.78 is 23.2. The Kier molecular flexibility index (Phi) is 8.24. The number of ether oxygens (including phenoxy) is 4. The van der Waals surface area contributed by atoms with Crippen molar-refractivity contribution in [1.29, 1.82) is 0 Å². The molecule has 7 fully saturated rings. The second kappa shape index (κ2) is 11.6. The van der Waals surface area contributed by atoms with E-state index >= 15 is 0 Å². The van der Waals surface area contributed by atoms with Crippen LogP contribution in [0, 0.1) is 11.8 Å². The summed E-state index contributed by atoms with van der Waals surface area (Å²) in [7, 11) is 0. The summed E-state index contributed by atoms with van der Waals surface area (Å²) >= 11 is 0. The molecule has 0 unspecified atom stereocenters. The molecule has 0 amide bonds. The first-order valence-electron chi connectivity index (χ1n) is 15.7. The van der Waals surface area contributed by atoms with Gasteiger partial charge in [0.15, 0.2) is 11.6 Å². The number of hydrogen-bond acceptors (Lipinski definition) is 4. The van der Waals surface area contributed by atoms with Crippen LogP contribution in [0.5, 0.6) is 0 Å². The molecule has 0 aromatic rings. The fourth-order valence-corrected chi connectivity index (χ4v) is 8.53. The Labute approximate surface area is 219 Å². The van der Waals surface area contributed by atoms with Gasteiger partial charge in [-0.3, -0.25) is 0 Å². The predicted octanol–water partition coefficient (Wildman–Crippen LogP) is 8.15. The second-order valence-electron chi connectivity index (χ2n) is 12.7. The largest absolute Gasteiger partial charge is 0.348 e. The van der Waals surface area contributed by atoms with Crippen molar-refractivity contribution in [2.45, 2.75) is 140 Å². The zero-order valence-electron chi connectivity index (χ0n) is 22.8. The van der Waals surface area contributed by atoms with Crippen LogP contribution in [-0.2, 0) is 18.9 Å². The molecule has 4 heteroatoms. The predicted molar refractivity (Wildman–Crippen MR) is 143 cm³/mol. The van der Waals surface area contributed by atoms with E-state index in [4.69, 9.17) is 18.9 Å². The molecule has 2 aliphatic heterocycles. The van der Waals surface area contributed by atoms with Crippen LogP contribution in [0.15, 0.2) is 22.3 Å². The molecule has 0 N–H and O–H groups in total. The maximum atomic E-state index is 5.87. The summed E-state index contributed by atoms with van der Waals surface area (Å²) in [5, 5.41) is 0.